The summed E-state index contributed by atoms with van der Waals surface area (Å²) in [6, 6.07) is 4.68. The molecule has 1 aromatic rings. The Hall–Kier alpha value is -1.82. The lowest BCUT2D eigenvalue weighted by Crippen LogP contribution is -2.11. The van der Waals surface area contributed by atoms with Crippen molar-refractivity contribution in [1.29, 1.82) is 0 Å². The molecule has 0 heterocycles. The average molecular weight is 296 g/mol. The SMILES string of the molecule is CCOc1cc(NCCOCCC(C)C)cc([N+](=O)[O-])c1. The van der Waals surface area contributed by atoms with Crippen LogP contribution in [0.4, 0.5) is 11.4 Å². The summed E-state index contributed by atoms with van der Waals surface area (Å²) in [6.07, 6.45) is 1.03. The molecule has 0 amide bonds. The van der Waals surface area contributed by atoms with E-state index in [-0.39, 0.29) is 5.69 Å². The van der Waals surface area contributed by atoms with Gasteiger partial charge >= 0.3 is 0 Å². The zero-order valence-electron chi connectivity index (χ0n) is 12.9. The van der Waals surface area contributed by atoms with E-state index in [1.54, 1.807) is 6.07 Å². The first-order chi connectivity index (χ1) is 10.0. The van der Waals surface area contributed by atoms with Crippen molar-refractivity contribution in [2.24, 2.45) is 5.92 Å². The third-order valence-corrected chi connectivity index (χ3v) is 2.83. The van der Waals surface area contributed by atoms with Gasteiger partial charge in [-0.15, -0.1) is 0 Å². The molecule has 0 radical (unpaired) electrons. The minimum Gasteiger partial charge on any atom is -0.494 e. The van der Waals surface area contributed by atoms with Crippen LogP contribution < -0.4 is 10.1 Å². The van der Waals surface area contributed by atoms with Crippen molar-refractivity contribution in [3.63, 3.8) is 0 Å². The minimum atomic E-state index is -0.424. The number of nitro groups is 1. The molecule has 0 unspecified atom stereocenters. The molecule has 118 valence electrons. The van der Waals surface area contributed by atoms with Crippen molar-refractivity contribution in [2.45, 2.75) is 27.2 Å². The highest BCUT2D eigenvalue weighted by Gasteiger charge is 2.10. The van der Waals surface area contributed by atoms with Gasteiger partial charge in [-0.25, -0.2) is 0 Å². The molecular weight excluding hydrogens is 272 g/mol. The number of rotatable bonds is 10. The smallest absolute Gasteiger partial charge is 0.275 e. The van der Waals surface area contributed by atoms with Gasteiger partial charge in [-0.2, -0.15) is 0 Å². The van der Waals surface area contributed by atoms with Gasteiger partial charge in [0, 0.05) is 31.0 Å². The van der Waals surface area contributed by atoms with Gasteiger partial charge in [0.2, 0.25) is 0 Å². The Kier molecular flexibility index (Phi) is 7.53. The van der Waals surface area contributed by atoms with E-state index in [1.165, 1.54) is 12.1 Å². The van der Waals surface area contributed by atoms with Crippen LogP contribution in [0.3, 0.4) is 0 Å². The number of nitrogens with one attached hydrogen (secondary N) is 1. The summed E-state index contributed by atoms with van der Waals surface area (Å²) in [4.78, 5) is 10.5. The highest BCUT2D eigenvalue weighted by Crippen LogP contribution is 2.25. The first-order valence-electron chi connectivity index (χ1n) is 7.26. The number of hydrogen-bond donors (Lipinski definition) is 1. The number of non-ortho nitro benzene ring substituents is 1. The molecule has 0 aliphatic carbocycles. The molecule has 0 aliphatic heterocycles. The maximum absolute atomic E-state index is 10.9. The molecule has 0 spiro atoms. The van der Waals surface area contributed by atoms with Crippen LogP contribution in [0.2, 0.25) is 0 Å². The molecule has 0 saturated carbocycles. The lowest BCUT2D eigenvalue weighted by atomic mass is 10.1. The Morgan fingerprint density at radius 2 is 2.05 bits per heavy atom. The van der Waals surface area contributed by atoms with Gasteiger partial charge in [-0.3, -0.25) is 10.1 Å². The van der Waals surface area contributed by atoms with E-state index in [0.29, 0.717) is 37.1 Å². The second-order valence-corrected chi connectivity index (χ2v) is 5.13. The Bertz CT molecular complexity index is 449. The lowest BCUT2D eigenvalue weighted by molar-refractivity contribution is -0.384. The molecule has 0 aromatic heterocycles. The molecule has 0 aliphatic rings. The van der Waals surface area contributed by atoms with Gasteiger partial charge in [0.1, 0.15) is 5.75 Å². The molecule has 21 heavy (non-hydrogen) atoms. The van der Waals surface area contributed by atoms with Crippen molar-refractivity contribution >= 4 is 11.4 Å². The zero-order chi connectivity index (χ0) is 15.7. The fourth-order valence-electron chi connectivity index (χ4n) is 1.73. The number of ether oxygens (including phenoxy) is 2. The Labute approximate surface area is 125 Å². The standard InChI is InChI=1S/C15H24N2O4/c1-4-21-15-10-13(9-14(11-15)17(18)19)16-6-8-20-7-5-12(2)3/h9-12,16H,4-8H2,1-3H3. The van der Waals surface area contributed by atoms with E-state index in [2.05, 4.69) is 19.2 Å². The molecule has 0 bridgehead atoms. The molecule has 6 nitrogen and oxygen atoms in total. The monoisotopic (exact) mass is 296 g/mol. The van der Waals surface area contributed by atoms with Crippen LogP contribution in [0.5, 0.6) is 5.75 Å². The van der Waals surface area contributed by atoms with Gasteiger partial charge in [-0.1, -0.05) is 13.8 Å². The zero-order valence-corrected chi connectivity index (χ0v) is 12.9. The Morgan fingerprint density at radius 3 is 2.67 bits per heavy atom. The second kappa shape index (κ2) is 9.18. The molecular formula is C15H24N2O4. The van der Waals surface area contributed by atoms with Crippen LogP contribution in [-0.2, 0) is 4.74 Å². The lowest BCUT2D eigenvalue weighted by Gasteiger charge is -2.10. The van der Waals surface area contributed by atoms with Gasteiger partial charge in [0.15, 0.2) is 0 Å². The largest absolute Gasteiger partial charge is 0.494 e. The molecule has 0 saturated heterocycles. The van der Waals surface area contributed by atoms with Crippen LogP contribution in [0, 0.1) is 16.0 Å². The Balaban J connectivity index is 2.48. The number of hydrogen-bond acceptors (Lipinski definition) is 5. The molecule has 0 atom stereocenters. The summed E-state index contributed by atoms with van der Waals surface area (Å²) in [5.41, 5.74) is 0.685. The second-order valence-electron chi connectivity index (χ2n) is 5.13. The van der Waals surface area contributed by atoms with Crippen LogP contribution >= 0.6 is 0 Å². The summed E-state index contributed by atoms with van der Waals surface area (Å²) >= 11 is 0. The fraction of sp³-hybridized carbons (Fsp3) is 0.600. The average Bonchev–Trinajstić information content (AvgIpc) is 2.42. The van der Waals surface area contributed by atoms with Crippen molar-refractivity contribution in [3.05, 3.63) is 28.3 Å². The molecule has 1 aromatic carbocycles. The van der Waals surface area contributed by atoms with Gasteiger partial charge < -0.3 is 14.8 Å². The third-order valence-electron chi connectivity index (χ3n) is 2.83. The number of nitro benzene ring substituents is 1. The molecule has 1 rings (SSSR count). The first-order valence-corrected chi connectivity index (χ1v) is 7.26. The maximum atomic E-state index is 10.9. The van der Waals surface area contributed by atoms with E-state index in [1.807, 2.05) is 6.92 Å². The van der Waals surface area contributed by atoms with Crippen LogP contribution in [0.25, 0.3) is 0 Å². The maximum Gasteiger partial charge on any atom is 0.275 e. The quantitative estimate of drug-likeness (QED) is 0.406. The Morgan fingerprint density at radius 1 is 1.29 bits per heavy atom. The predicted octanol–water partition coefficient (Wildman–Crippen LogP) is 3.47. The van der Waals surface area contributed by atoms with Gasteiger partial charge in [0.05, 0.1) is 24.2 Å². The molecule has 1 N–H and O–H groups in total. The summed E-state index contributed by atoms with van der Waals surface area (Å²) in [7, 11) is 0. The van der Waals surface area contributed by atoms with Crippen molar-refractivity contribution in [3.8, 4) is 5.75 Å². The molecule has 6 heteroatoms. The third kappa shape index (κ3) is 6.94. The van der Waals surface area contributed by atoms with E-state index >= 15 is 0 Å². The van der Waals surface area contributed by atoms with E-state index in [9.17, 15) is 10.1 Å². The summed E-state index contributed by atoms with van der Waals surface area (Å²) in [5.74, 6) is 1.12. The minimum absolute atomic E-state index is 0.0178. The van der Waals surface area contributed by atoms with Gasteiger partial charge in [-0.05, 0) is 19.3 Å². The first kappa shape index (κ1) is 17.2. The highest BCUT2D eigenvalue weighted by molar-refractivity contribution is 5.56. The topological polar surface area (TPSA) is 73.6 Å². The number of nitrogens with zero attached hydrogens (tertiary/aromatic N) is 1. The predicted molar refractivity (Wildman–Crippen MR) is 83.0 cm³/mol. The van der Waals surface area contributed by atoms with E-state index < -0.39 is 4.92 Å². The van der Waals surface area contributed by atoms with Crippen LogP contribution in [0.1, 0.15) is 27.2 Å². The highest BCUT2D eigenvalue weighted by atomic mass is 16.6. The summed E-state index contributed by atoms with van der Waals surface area (Å²) in [6.45, 7) is 8.52. The number of benzene rings is 1. The van der Waals surface area contributed by atoms with Crippen molar-refractivity contribution < 1.29 is 14.4 Å². The normalized spacial score (nSPS) is 10.7. The van der Waals surface area contributed by atoms with Crippen LogP contribution in [0.15, 0.2) is 18.2 Å². The van der Waals surface area contributed by atoms with Gasteiger partial charge in [0.25, 0.3) is 5.69 Å². The molecule has 0 fully saturated rings. The van der Waals surface area contributed by atoms with Crippen molar-refractivity contribution in [2.75, 3.05) is 31.7 Å². The van der Waals surface area contributed by atoms with Crippen molar-refractivity contribution in [1.82, 2.24) is 0 Å². The fourth-order valence-corrected chi connectivity index (χ4v) is 1.73. The van der Waals surface area contributed by atoms with E-state index in [4.69, 9.17) is 9.47 Å². The number of anilines is 1. The van der Waals surface area contributed by atoms with E-state index in [0.717, 1.165) is 13.0 Å². The summed E-state index contributed by atoms with van der Waals surface area (Å²) < 4.78 is 10.8. The summed E-state index contributed by atoms with van der Waals surface area (Å²) in [5, 5.41) is 14.0. The van der Waals surface area contributed by atoms with Crippen LogP contribution in [-0.4, -0.2) is 31.3 Å².